The number of esters is 1. The average molecular weight is 418 g/mol. The Morgan fingerprint density at radius 2 is 1.76 bits per heavy atom. The van der Waals surface area contributed by atoms with E-state index in [4.69, 9.17) is 4.74 Å². The second-order valence-electron chi connectivity index (χ2n) is 6.29. The number of ether oxygens (including phenoxy) is 1. The Bertz CT molecular complexity index is 858. The molecular weight excluding hydrogens is 395 g/mol. The van der Waals surface area contributed by atoms with Crippen molar-refractivity contribution in [3.8, 4) is 0 Å². The quantitative estimate of drug-likeness (QED) is 0.480. The van der Waals surface area contributed by atoms with Gasteiger partial charge in [0.05, 0.1) is 11.3 Å². The van der Waals surface area contributed by atoms with Crippen molar-refractivity contribution in [2.24, 2.45) is 0 Å². The van der Waals surface area contributed by atoms with Gasteiger partial charge < -0.3 is 15.4 Å². The number of amides is 2. The van der Waals surface area contributed by atoms with E-state index in [2.05, 4.69) is 10.6 Å². The number of carbonyl (C=O) groups is 3. The van der Waals surface area contributed by atoms with E-state index in [0.717, 1.165) is 6.42 Å². The summed E-state index contributed by atoms with van der Waals surface area (Å²) in [7, 11) is 0. The Kier molecular flexibility index (Phi) is 8.67. The van der Waals surface area contributed by atoms with Gasteiger partial charge in [0.15, 0.2) is 6.61 Å². The number of hydrogen-bond donors (Lipinski definition) is 2. The molecule has 1 unspecified atom stereocenters. The molecule has 1 atom stereocenters. The fraction of sp³-hybridized carbons (Fsp3) is 0.286. The second kappa shape index (κ2) is 11.2. The minimum Gasteiger partial charge on any atom is -0.452 e. The summed E-state index contributed by atoms with van der Waals surface area (Å²) >= 11 is 1.17. The highest BCUT2D eigenvalue weighted by atomic mass is 32.2. The number of halogens is 1. The number of nitrogens with one attached hydrogen (secondary N) is 2. The summed E-state index contributed by atoms with van der Waals surface area (Å²) in [6.45, 7) is 3.44. The van der Waals surface area contributed by atoms with Gasteiger partial charge in [-0.25, -0.2) is 9.18 Å². The first-order valence-electron chi connectivity index (χ1n) is 9.12. The molecule has 2 rings (SSSR count). The molecule has 0 bridgehead atoms. The summed E-state index contributed by atoms with van der Waals surface area (Å²) in [5, 5.41) is 5.38. The summed E-state index contributed by atoms with van der Waals surface area (Å²) in [6, 6.07) is 12.1. The Balaban J connectivity index is 1.90. The van der Waals surface area contributed by atoms with Crippen LogP contribution in [0.15, 0.2) is 53.4 Å². The number of thioether (sulfide) groups is 1. The largest absolute Gasteiger partial charge is 0.452 e. The van der Waals surface area contributed by atoms with Crippen molar-refractivity contribution in [2.75, 3.05) is 17.7 Å². The molecule has 0 spiro atoms. The molecule has 2 amide bonds. The molecule has 0 aliphatic heterocycles. The zero-order valence-electron chi connectivity index (χ0n) is 16.2. The predicted molar refractivity (Wildman–Crippen MR) is 110 cm³/mol. The maximum atomic E-state index is 12.9. The Morgan fingerprint density at radius 1 is 1.07 bits per heavy atom. The third-order valence-corrected chi connectivity index (χ3v) is 5.02. The molecule has 0 aliphatic carbocycles. The highest BCUT2D eigenvalue weighted by Gasteiger charge is 2.16. The van der Waals surface area contributed by atoms with E-state index in [1.807, 2.05) is 13.8 Å². The van der Waals surface area contributed by atoms with Gasteiger partial charge in [-0.05, 0) is 49.7 Å². The van der Waals surface area contributed by atoms with Crippen molar-refractivity contribution in [3.63, 3.8) is 0 Å². The predicted octanol–water partition coefficient (Wildman–Crippen LogP) is 3.63. The molecular formula is C21H23FN2O4S. The van der Waals surface area contributed by atoms with Crippen molar-refractivity contribution in [1.29, 1.82) is 0 Å². The van der Waals surface area contributed by atoms with Gasteiger partial charge in [-0.3, -0.25) is 9.59 Å². The van der Waals surface area contributed by atoms with Crippen LogP contribution in [0.5, 0.6) is 0 Å². The lowest BCUT2D eigenvalue weighted by atomic mass is 10.2. The molecule has 0 saturated carbocycles. The first kappa shape index (κ1) is 22.4. The molecule has 0 radical (unpaired) electrons. The molecule has 2 aromatic rings. The topological polar surface area (TPSA) is 84.5 Å². The molecule has 2 aromatic carbocycles. The molecule has 0 heterocycles. The van der Waals surface area contributed by atoms with Crippen LogP contribution in [0.3, 0.4) is 0 Å². The van der Waals surface area contributed by atoms with Crippen molar-refractivity contribution >= 4 is 35.2 Å². The number of anilines is 1. The summed E-state index contributed by atoms with van der Waals surface area (Å²) in [5.41, 5.74) is 0.764. The molecule has 154 valence electrons. The van der Waals surface area contributed by atoms with E-state index < -0.39 is 5.97 Å². The lowest BCUT2D eigenvalue weighted by Gasteiger charge is -2.12. The molecule has 2 N–H and O–H groups in total. The van der Waals surface area contributed by atoms with E-state index in [1.54, 1.807) is 24.3 Å². The van der Waals surface area contributed by atoms with Gasteiger partial charge in [0.25, 0.3) is 5.91 Å². The molecule has 0 aromatic heterocycles. The molecule has 0 saturated heterocycles. The van der Waals surface area contributed by atoms with Crippen molar-refractivity contribution in [3.05, 3.63) is 59.9 Å². The Hall–Kier alpha value is -2.87. The van der Waals surface area contributed by atoms with Crippen LogP contribution in [0.25, 0.3) is 0 Å². The third-order valence-electron chi connectivity index (χ3n) is 3.95. The van der Waals surface area contributed by atoms with E-state index >= 15 is 0 Å². The summed E-state index contributed by atoms with van der Waals surface area (Å²) < 4.78 is 18.0. The number of rotatable bonds is 9. The van der Waals surface area contributed by atoms with E-state index in [0.29, 0.717) is 10.6 Å². The zero-order valence-corrected chi connectivity index (χ0v) is 17.1. The highest BCUT2D eigenvalue weighted by Crippen LogP contribution is 2.23. The van der Waals surface area contributed by atoms with Gasteiger partial charge in [-0.15, -0.1) is 11.8 Å². The lowest BCUT2D eigenvalue weighted by molar-refractivity contribution is -0.124. The minimum atomic E-state index is -0.633. The van der Waals surface area contributed by atoms with Gasteiger partial charge >= 0.3 is 5.97 Å². The van der Waals surface area contributed by atoms with Crippen LogP contribution >= 0.6 is 11.8 Å². The smallest absolute Gasteiger partial charge is 0.339 e. The SMILES string of the molecule is CCC(C)NC(=O)COC(=O)c1ccccc1SCC(=O)Nc1ccc(F)cc1. The number of carbonyl (C=O) groups excluding carboxylic acids is 3. The lowest BCUT2D eigenvalue weighted by Crippen LogP contribution is -2.35. The molecule has 29 heavy (non-hydrogen) atoms. The van der Waals surface area contributed by atoms with Crippen LogP contribution in [0.2, 0.25) is 0 Å². The number of benzene rings is 2. The van der Waals surface area contributed by atoms with Crippen LogP contribution in [0.4, 0.5) is 10.1 Å². The van der Waals surface area contributed by atoms with Crippen molar-refractivity contribution in [1.82, 2.24) is 5.32 Å². The zero-order chi connectivity index (χ0) is 21.2. The fourth-order valence-electron chi connectivity index (χ4n) is 2.26. The van der Waals surface area contributed by atoms with Gasteiger partial charge in [-0.2, -0.15) is 0 Å². The normalized spacial score (nSPS) is 11.4. The third kappa shape index (κ3) is 7.57. The van der Waals surface area contributed by atoms with Crippen LogP contribution in [-0.4, -0.2) is 36.2 Å². The monoisotopic (exact) mass is 418 g/mol. The standard InChI is InChI=1S/C21H23FN2O4S/c1-3-14(2)23-19(25)12-28-21(27)17-6-4-5-7-18(17)29-13-20(26)24-16-10-8-15(22)9-11-16/h4-11,14H,3,12-13H2,1-2H3,(H,23,25)(H,24,26). The van der Waals surface area contributed by atoms with E-state index in [1.165, 1.54) is 36.0 Å². The van der Waals surface area contributed by atoms with Crippen LogP contribution in [0.1, 0.15) is 30.6 Å². The molecule has 0 aliphatic rings. The van der Waals surface area contributed by atoms with E-state index in [9.17, 15) is 18.8 Å². The van der Waals surface area contributed by atoms with Crippen LogP contribution in [0, 0.1) is 5.82 Å². The highest BCUT2D eigenvalue weighted by molar-refractivity contribution is 8.00. The fourth-order valence-corrected chi connectivity index (χ4v) is 3.10. The van der Waals surface area contributed by atoms with Crippen LogP contribution < -0.4 is 10.6 Å². The minimum absolute atomic E-state index is 0.00339. The van der Waals surface area contributed by atoms with Crippen molar-refractivity contribution < 1.29 is 23.5 Å². The Morgan fingerprint density at radius 3 is 2.45 bits per heavy atom. The van der Waals surface area contributed by atoms with E-state index in [-0.39, 0.29) is 41.6 Å². The molecule has 0 fully saturated rings. The van der Waals surface area contributed by atoms with Gasteiger partial charge in [0, 0.05) is 16.6 Å². The first-order chi connectivity index (χ1) is 13.9. The summed E-state index contributed by atoms with van der Waals surface area (Å²) in [4.78, 5) is 36.8. The maximum absolute atomic E-state index is 12.9. The summed E-state index contributed by atoms with van der Waals surface area (Å²) in [6.07, 6.45) is 0.777. The van der Waals surface area contributed by atoms with Crippen molar-refractivity contribution in [2.45, 2.75) is 31.2 Å². The summed E-state index contributed by atoms with van der Waals surface area (Å²) in [5.74, 6) is -1.63. The average Bonchev–Trinajstić information content (AvgIpc) is 2.72. The van der Waals surface area contributed by atoms with Gasteiger partial charge in [0.1, 0.15) is 5.82 Å². The Labute approximate surface area is 173 Å². The maximum Gasteiger partial charge on any atom is 0.339 e. The first-order valence-corrected chi connectivity index (χ1v) is 10.1. The van der Waals surface area contributed by atoms with Crippen LogP contribution in [-0.2, 0) is 14.3 Å². The second-order valence-corrected chi connectivity index (χ2v) is 7.31. The van der Waals surface area contributed by atoms with Gasteiger partial charge in [0.2, 0.25) is 5.91 Å². The molecule has 8 heteroatoms. The number of hydrogen-bond acceptors (Lipinski definition) is 5. The van der Waals surface area contributed by atoms with Gasteiger partial charge in [-0.1, -0.05) is 19.1 Å². The molecule has 6 nitrogen and oxygen atoms in total.